The molecule has 0 radical (unpaired) electrons. The van der Waals surface area contributed by atoms with Crippen LogP contribution in [0.3, 0.4) is 0 Å². The highest BCUT2D eigenvalue weighted by molar-refractivity contribution is 6.31. The Balaban J connectivity index is 2.85. The van der Waals surface area contributed by atoms with Gasteiger partial charge >= 0.3 is 0 Å². The minimum absolute atomic E-state index is 0.171. The Hall–Kier alpha value is -2.70. The molecule has 112 valence electrons. The van der Waals surface area contributed by atoms with Gasteiger partial charge in [0.1, 0.15) is 0 Å². The van der Waals surface area contributed by atoms with Gasteiger partial charge in [-0.2, -0.15) is 0 Å². The van der Waals surface area contributed by atoms with Crippen LogP contribution in [-0.4, -0.2) is 40.3 Å². The standard InChI is InChI=1S/C14H15NO6/c1-18-6-8-10-7(13(16)15-14(8)17)5-9(19-2)11(20-3)12(10)21-4/h5-6H,1-4H3,(H,15,16,17)/b8-6-. The van der Waals surface area contributed by atoms with E-state index < -0.39 is 11.8 Å². The maximum atomic E-state index is 12.0. The van der Waals surface area contributed by atoms with E-state index in [9.17, 15) is 9.59 Å². The van der Waals surface area contributed by atoms with Gasteiger partial charge in [0.05, 0.1) is 45.8 Å². The topological polar surface area (TPSA) is 83.1 Å². The second-order valence-electron chi connectivity index (χ2n) is 4.12. The van der Waals surface area contributed by atoms with E-state index in [0.29, 0.717) is 17.1 Å². The van der Waals surface area contributed by atoms with Crippen LogP contribution in [0, 0.1) is 0 Å². The van der Waals surface area contributed by atoms with Crippen molar-refractivity contribution in [2.24, 2.45) is 0 Å². The Morgan fingerprint density at radius 1 is 0.952 bits per heavy atom. The van der Waals surface area contributed by atoms with E-state index in [1.54, 1.807) is 0 Å². The van der Waals surface area contributed by atoms with Gasteiger partial charge in [-0.25, -0.2) is 0 Å². The number of benzene rings is 1. The van der Waals surface area contributed by atoms with E-state index >= 15 is 0 Å². The summed E-state index contributed by atoms with van der Waals surface area (Å²) >= 11 is 0. The first kappa shape index (κ1) is 14.7. The molecule has 1 aliphatic heterocycles. The second kappa shape index (κ2) is 5.74. The number of nitrogens with one attached hydrogen (secondary N) is 1. The number of ether oxygens (including phenoxy) is 4. The van der Waals surface area contributed by atoms with Crippen LogP contribution >= 0.6 is 0 Å². The van der Waals surface area contributed by atoms with Crippen LogP contribution in [0.25, 0.3) is 5.57 Å². The molecular weight excluding hydrogens is 278 g/mol. The van der Waals surface area contributed by atoms with Gasteiger partial charge < -0.3 is 18.9 Å². The number of carbonyl (C=O) groups is 2. The van der Waals surface area contributed by atoms with Gasteiger partial charge in [0.2, 0.25) is 5.75 Å². The number of methoxy groups -OCH3 is 4. The first-order chi connectivity index (χ1) is 10.1. The van der Waals surface area contributed by atoms with Gasteiger partial charge in [0, 0.05) is 5.56 Å². The van der Waals surface area contributed by atoms with E-state index in [1.165, 1.54) is 40.8 Å². The van der Waals surface area contributed by atoms with E-state index in [-0.39, 0.29) is 16.9 Å². The molecule has 0 unspecified atom stereocenters. The van der Waals surface area contributed by atoms with Crippen LogP contribution in [0.1, 0.15) is 15.9 Å². The predicted molar refractivity (Wildman–Crippen MR) is 73.6 cm³/mol. The van der Waals surface area contributed by atoms with E-state index in [4.69, 9.17) is 18.9 Å². The summed E-state index contributed by atoms with van der Waals surface area (Å²) in [5.74, 6) is -0.252. The molecule has 0 fully saturated rings. The number of rotatable bonds is 4. The van der Waals surface area contributed by atoms with Crippen molar-refractivity contribution in [2.75, 3.05) is 28.4 Å². The second-order valence-corrected chi connectivity index (χ2v) is 4.12. The molecule has 1 aromatic carbocycles. The molecule has 1 aliphatic rings. The molecular formula is C14H15NO6. The Labute approximate surface area is 121 Å². The van der Waals surface area contributed by atoms with Gasteiger partial charge in [-0.05, 0) is 6.07 Å². The van der Waals surface area contributed by atoms with Crippen molar-refractivity contribution in [3.63, 3.8) is 0 Å². The van der Waals surface area contributed by atoms with Gasteiger partial charge in [0.25, 0.3) is 11.8 Å². The monoisotopic (exact) mass is 293 g/mol. The summed E-state index contributed by atoms with van der Waals surface area (Å²) in [4.78, 5) is 24.0. The normalized spacial score (nSPS) is 15.3. The molecule has 1 N–H and O–H groups in total. The Morgan fingerprint density at radius 2 is 1.62 bits per heavy atom. The van der Waals surface area contributed by atoms with Crippen LogP contribution in [0.4, 0.5) is 0 Å². The van der Waals surface area contributed by atoms with Crippen molar-refractivity contribution in [3.8, 4) is 17.2 Å². The zero-order valence-electron chi connectivity index (χ0n) is 12.1. The molecule has 0 atom stereocenters. The fraction of sp³-hybridized carbons (Fsp3) is 0.286. The van der Waals surface area contributed by atoms with E-state index in [0.717, 1.165) is 0 Å². The molecule has 0 bridgehead atoms. The van der Waals surface area contributed by atoms with Crippen molar-refractivity contribution < 1.29 is 28.5 Å². The average Bonchev–Trinajstić information content (AvgIpc) is 2.49. The molecule has 0 saturated carbocycles. The van der Waals surface area contributed by atoms with Crippen molar-refractivity contribution in [1.82, 2.24) is 5.32 Å². The highest BCUT2D eigenvalue weighted by atomic mass is 16.5. The smallest absolute Gasteiger partial charge is 0.262 e. The summed E-state index contributed by atoms with van der Waals surface area (Å²) in [5.41, 5.74) is 0.725. The third-order valence-electron chi connectivity index (χ3n) is 3.05. The molecule has 7 heteroatoms. The highest BCUT2D eigenvalue weighted by Gasteiger charge is 2.34. The highest BCUT2D eigenvalue weighted by Crippen LogP contribution is 2.45. The number of hydrogen-bond donors (Lipinski definition) is 1. The first-order valence-corrected chi connectivity index (χ1v) is 6.01. The lowest BCUT2D eigenvalue weighted by molar-refractivity contribution is -0.115. The van der Waals surface area contributed by atoms with E-state index in [2.05, 4.69) is 5.32 Å². The van der Waals surface area contributed by atoms with Gasteiger partial charge in [-0.3, -0.25) is 14.9 Å². The molecule has 0 aliphatic carbocycles. The number of amides is 2. The van der Waals surface area contributed by atoms with Crippen LogP contribution in [0.2, 0.25) is 0 Å². The lowest BCUT2D eigenvalue weighted by Crippen LogP contribution is -2.36. The van der Waals surface area contributed by atoms with Crippen LogP contribution in [0.5, 0.6) is 17.2 Å². The molecule has 2 rings (SSSR count). The van der Waals surface area contributed by atoms with Crippen molar-refractivity contribution in [1.29, 1.82) is 0 Å². The summed E-state index contributed by atoms with van der Waals surface area (Å²) < 4.78 is 20.7. The van der Waals surface area contributed by atoms with Crippen molar-refractivity contribution >= 4 is 17.4 Å². The maximum Gasteiger partial charge on any atom is 0.262 e. The van der Waals surface area contributed by atoms with Crippen LogP contribution < -0.4 is 19.5 Å². The zero-order chi connectivity index (χ0) is 15.6. The first-order valence-electron chi connectivity index (χ1n) is 6.01. The molecule has 1 aromatic rings. The number of hydrogen-bond acceptors (Lipinski definition) is 6. The Morgan fingerprint density at radius 3 is 2.14 bits per heavy atom. The summed E-state index contributed by atoms with van der Waals surface area (Å²) in [6.07, 6.45) is 1.25. The molecule has 0 aromatic heterocycles. The van der Waals surface area contributed by atoms with Gasteiger partial charge in [-0.15, -0.1) is 0 Å². The fourth-order valence-electron chi connectivity index (χ4n) is 2.18. The summed E-state index contributed by atoms with van der Waals surface area (Å²) in [7, 11) is 5.71. The van der Waals surface area contributed by atoms with Crippen molar-refractivity contribution in [2.45, 2.75) is 0 Å². The Kier molecular flexibility index (Phi) is 4.02. The SMILES string of the molecule is CO/C=C1\C(=O)NC(=O)c2cc(OC)c(OC)c(OC)c21. The third-order valence-corrected chi connectivity index (χ3v) is 3.05. The van der Waals surface area contributed by atoms with Gasteiger partial charge in [0.15, 0.2) is 11.5 Å². The predicted octanol–water partition coefficient (Wildman–Crippen LogP) is 0.970. The molecule has 0 spiro atoms. The average molecular weight is 293 g/mol. The largest absolute Gasteiger partial charge is 0.504 e. The number of carbonyl (C=O) groups excluding carboxylic acids is 2. The summed E-state index contributed by atoms with van der Waals surface area (Å²) in [6.45, 7) is 0. The third kappa shape index (κ3) is 2.26. The lowest BCUT2D eigenvalue weighted by atomic mass is 9.93. The molecule has 0 saturated heterocycles. The molecule has 2 amide bonds. The van der Waals surface area contributed by atoms with Crippen molar-refractivity contribution in [3.05, 3.63) is 23.5 Å². The number of fused-ring (bicyclic) bond motifs is 1. The fourth-order valence-corrected chi connectivity index (χ4v) is 2.18. The molecule has 21 heavy (non-hydrogen) atoms. The van der Waals surface area contributed by atoms with Gasteiger partial charge in [-0.1, -0.05) is 0 Å². The lowest BCUT2D eigenvalue weighted by Gasteiger charge is -2.23. The summed E-state index contributed by atoms with van der Waals surface area (Å²) in [5, 5.41) is 2.23. The Bertz CT molecular complexity index is 635. The number of imide groups is 1. The zero-order valence-corrected chi connectivity index (χ0v) is 12.1. The maximum absolute atomic E-state index is 12.0. The molecule has 1 heterocycles. The van der Waals surface area contributed by atoms with E-state index in [1.807, 2.05) is 0 Å². The van der Waals surface area contributed by atoms with Crippen LogP contribution in [0.15, 0.2) is 12.3 Å². The quantitative estimate of drug-likeness (QED) is 0.506. The minimum Gasteiger partial charge on any atom is -0.504 e. The summed E-state index contributed by atoms with van der Waals surface area (Å²) in [6, 6.07) is 1.49. The molecule has 7 nitrogen and oxygen atoms in total. The van der Waals surface area contributed by atoms with Crippen LogP contribution in [-0.2, 0) is 9.53 Å². The minimum atomic E-state index is -0.570.